The van der Waals surface area contributed by atoms with Crippen LogP contribution in [0, 0.1) is 0 Å². The van der Waals surface area contributed by atoms with Crippen LogP contribution in [0.1, 0.15) is 47.4 Å². The van der Waals surface area contributed by atoms with Gasteiger partial charge in [-0.3, -0.25) is 14.4 Å². The predicted octanol–water partition coefficient (Wildman–Crippen LogP) is 3.20. The van der Waals surface area contributed by atoms with E-state index in [0.717, 1.165) is 12.1 Å². The van der Waals surface area contributed by atoms with E-state index in [1.807, 2.05) is 0 Å². The van der Waals surface area contributed by atoms with Crippen LogP contribution in [0.4, 0.5) is 11.4 Å². The first-order valence-electron chi connectivity index (χ1n) is 9.39. The van der Waals surface area contributed by atoms with Crippen molar-refractivity contribution >= 4 is 34.9 Å². The normalized spacial score (nSPS) is 14.4. The minimum absolute atomic E-state index is 0.0662. The molecule has 1 heterocycles. The van der Waals surface area contributed by atoms with Crippen LogP contribution < -0.4 is 10.2 Å². The van der Waals surface area contributed by atoms with Gasteiger partial charge in [0.05, 0.1) is 11.3 Å². The SMILES string of the molecule is CC(=O)c1ccccc1NC(=O)[C@H](C)OC(=O)c1ccc(N2CCCC2=O)cc1. The molecule has 0 saturated carbocycles. The Morgan fingerprint density at radius 1 is 1.07 bits per heavy atom. The number of hydrogen-bond acceptors (Lipinski definition) is 5. The van der Waals surface area contributed by atoms with Crippen molar-refractivity contribution in [2.45, 2.75) is 32.8 Å². The number of esters is 1. The van der Waals surface area contributed by atoms with Crippen LogP contribution >= 0.6 is 0 Å². The molecule has 2 aromatic carbocycles. The molecule has 1 fully saturated rings. The van der Waals surface area contributed by atoms with Crippen molar-refractivity contribution in [3.05, 3.63) is 59.7 Å². The molecule has 2 aromatic rings. The maximum absolute atomic E-state index is 12.4. The maximum atomic E-state index is 12.4. The Morgan fingerprint density at radius 2 is 1.76 bits per heavy atom. The topological polar surface area (TPSA) is 92.8 Å². The van der Waals surface area contributed by atoms with E-state index in [-0.39, 0.29) is 17.3 Å². The highest BCUT2D eigenvalue weighted by atomic mass is 16.5. The summed E-state index contributed by atoms with van der Waals surface area (Å²) >= 11 is 0. The number of ether oxygens (including phenoxy) is 1. The average Bonchev–Trinajstić information content (AvgIpc) is 3.14. The van der Waals surface area contributed by atoms with Crippen LogP contribution in [0.2, 0.25) is 0 Å². The van der Waals surface area contributed by atoms with Crippen LogP contribution in [0.5, 0.6) is 0 Å². The molecule has 2 amide bonds. The summed E-state index contributed by atoms with van der Waals surface area (Å²) in [6.45, 7) is 3.54. The average molecular weight is 394 g/mol. The van der Waals surface area contributed by atoms with Gasteiger partial charge in [0.15, 0.2) is 11.9 Å². The molecule has 0 aliphatic carbocycles. The Balaban J connectivity index is 1.62. The van der Waals surface area contributed by atoms with Crippen molar-refractivity contribution in [1.29, 1.82) is 0 Å². The van der Waals surface area contributed by atoms with E-state index in [0.29, 0.717) is 24.2 Å². The molecule has 0 aromatic heterocycles. The maximum Gasteiger partial charge on any atom is 0.338 e. The third-order valence-electron chi connectivity index (χ3n) is 4.71. The van der Waals surface area contributed by atoms with E-state index in [2.05, 4.69) is 5.32 Å². The number of carbonyl (C=O) groups is 4. The van der Waals surface area contributed by atoms with E-state index in [4.69, 9.17) is 4.74 Å². The largest absolute Gasteiger partial charge is 0.449 e. The zero-order valence-corrected chi connectivity index (χ0v) is 16.3. The van der Waals surface area contributed by atoms with Gasteiger partial charge in [0.25, 0.3) is 5.91 Å². The van der Waals surface area contributed by atoms with E-state index in [9.17, 15) is 19.2 Å². The zero-order chi connectivity index (χ0) is 21.0. The Bertz CT molecular complexity index is 952. The smallest absolute Gasteiger partial charge is 0.338 e. The van der Waals surface area contributed by atoms with E-state index >= 15 is 0 Å². The number of benzene rings is 2. The third-order valence-corrected chi connectivity index (χ3v) is 4.71. The Morgan fingerprint density at radius 3 is 2.38 bits per heavy atom. The van der Waals surface area contributed by atoms with Gasteiger partial charge < -0.3 is 15.0 Å². The molecule has 150 valence electrons. The van der Waals surface area contributed by atoms with Crippen molar-refractivity contribution in [3.8, 4) is 0 Å². The number of anilines is 2. The van der Waals surface area contributed by atoms with E-state index in [1.54, 1.807) is 53.4 Å². The molecule has 1 aliphatic heterocycles. The lowest BCUT2D eigenvalue weighted by Gasteiger charge is -2.17. The molecular formula is C22H22N2O5. The van der Waals surface area contributed by atoms with Gasteiger partial charge in [-0.1, -0.05) is 12.1 Å². The fourth-order valence-corrected chi connectivity index (χ4v) is 3.11. The Kier molecular flexibility index (Phi) is 6.07. The number of nitrogens with one attached hydrogen (secondary N) is 1. The van der Waals surface area contributed by atoms with E-state index in [1.165, 1.54) is 13.8 Å². The van der Waals surface area contributed by atoms with E-state index < -0.39 is 18.0 Å². The number of ketones is 1. The molecule has 1 saturated heterocycles. The summed E-state index contributed by atoms with van der Waals surface area (Å²) in [5.41, 5.74) is 1.76. The summed E-state index contributed by atoms with van der Waals surface area (Å²) in [5.74, 6) is -1.29. The van der Waals surface area contributed by atoms with Crippen LogP contribution in [0.25, 0.3) is 0 Å². The minimum atomic E-state index is -1.05. The second-order valence-corrected chi connectivity index (χ2v) is 6.83. The molecule has 1 atom stereocenters. The first kappa shape index (κ1) is 20.3. The van der Waals surface area contributed by atoms with Gasteiger partial charge in [-0.05, 0) is 56.7 Å². The third kappa shape index (κ3) is 4.68. The molecule has 29 heavy (non-hydrogen) atoms. The fourth-order valence-electron chi connectivity index (χ4n) is 3.11. The van der Waals surface area contributed by atoms with Crippen LogP contribution in [0.15, 0.2) is 48.5 Å². The quantitative estimate of drug-likeness (QED) is 0.600. The second kappa shape index (κ2) is 8.68. The summed E-state index contributed by atoms with van der Waals surface area (Å²) in [7, 11) is 0. The lowest BCUT2D eigenvalue weighted by atomic mass is 10.1. The van der Waals surface area contributed by atoms with Crippen molar-refractivity contribution in [2.24, 2.45) is 0 Å². The summed E-state index contributed by atoms with van der Waals surface area (Å²) in [4.78, 5) is 49.9. The first-order chi connectivity index (χ1) is 13.9. The number of Topliss-reactive ketones (excluding diaryl/α,β-unsaturated/α-hetero) is 1. The number of carbonyl (C=O) groups excluding carboxylic acids is 4. The Hall–Kier alpha value is -3.48. The molecule has 1 N–H and O–H groups in total. The van der Waals surface area contributed by atoms with Crippen molar-refractivity contribution in [3.63, 3.8) is 0 Å². The number of para-hydroxylation sites is 1. The first-order valence-corrected chi connectivity index (χ1v) is 9.39. The fraction of sp³-hybridized carbons (Fsp3) is 0.273. The monoisotopic (exact) mass is 394 g/mol. The summed E-state index contributed by atoms with van der Waals surface area (Å²) in [6, 6.07) is 13.1. The minimum Gasteiger partial charge on any atom is -0.449 e. The number of rotatable bonds is 6. The lowest BCUT2D eigenvalue weighted by molar-refractivity contribution is -0.123. The van der Waals surface area contributed by atoms with Crippen LogP contribution in [-0.2, 0) is 14.3 Å². The lowest BCUT2D eigenvalue weighted by Crippen LogP contribution is -2.30. The standard InChI is InChI=1S/C22H22N2O5/c1-14(25)18-6-3-4-7-19(18)23-21(27)15(2)29-22(28)16-9-11-17(12-10-16)24-13-5-8-20(24)26/h3-4,6-7,9-12,15H,5,8,13H2,1-2H3,(H,23,27)/t15-/m0/s1. The van der Waals surface area contributed by atoms with Crippen molar-refractivity contribution in [2.75, 3.05) is 16.8 Å². The highest BCUT2D eigenvalue weighted by Gasteiger charge is 2.23. The number of amides is 2. The molecule has 0 radical (unpaired) electrons. The number of hydrogen-bond donors (Lipinski definition) is 1. The Labute approximate surface area is 168 Å². The van der Waals surface area contributed by atoms with Gasteiger partial charge >= 0.3 is 5.97 Å². The molecule has 0 unspecified atom stereocenters. The van der Waals surface area contributed by atoms with Crippen LogP contribution in [-0.4, -0.2) is 36.2 Å². The van der Waals surface area contributed by atoms with Gasteiger partial charge in [0.2, 0.25) is 5.91 Å². The molecular weight excluding hydrogens is 372 g/mol. The second-order valence-electron chi connectivity index (χ2n) is 6.83. The van der Waals surface area contributed by atoms with Crippen molar-refractivity contribution < 1.29 is 23.9 Å². The zero-order valence-electron chi connectivity index (χ0n) is 16.3. The highest BCUT2D eigenvalue weighted by molar-refractivity contribution is 6.05. The van der Waals surface area contributed by atoms with Gasteiger partial charge in [-0.15, -0.1) is 0 Å². The number of nitrogens with zero attached hydrogens (tertiary/aromatic N) is 1. The molecule has 7 heteroatoms. The van der Waals surface area contributed by atoms with Gasteiger partial charge in [-0.2, -0.15) is 0 Å². The molecule has 7 nitrogen and oxygen atoms in total. The highest BCUT2D eigenvalue weighted by Crippen LogP contribution is 2.22. The summed E-state index contributed by atoms with van der Waals surface area (Å²) in [5, 5.41) is 2.62. The van der Waals surface area contributed by atoms with Gasteiger partial charge in [0.1, 0.15) is 0 Å². The van der Waals surface area contributed by atoms with Crippen LogP contribution in [0.3, 0.4) is 0 Å². The van der Waals surface area contributed by atoms with Gasteiger partial charge in [0, 0.05) is 24.2 Å². The molecule has 3 rings (SSSR count). The van der Waals surface area contributed by atoms with Crippen molar-refractivity contribution in [1.82, 2.24) is 0 Å². The summed E-state index contributed by atoms with van der Waals surface area (Å²) < 4.78 is 5.24. The predicted molar refractivity (Wildman–Crippen MR) is 108 cm³/mol. The van der Waals surface area contributed by atoms with Gasteiger partial charge in [-0.25, -0.2) is 4.79 Å². The molecule has 0 spiro atoms. The molecule has 0 bridgehead atoms. The summed E-state index contributed by atoms with van der Waals surface area (Å²) in [6.07, 6.45) is 0.299. The molecule has 1 aliphatic rings.